The number of ether oxygens (including phenoxy) is 1. The molecule has 1 aromatic carbocycles. The Balaban J connectivity index is 2.76. The van der Waals surface area contributed by atoms with Gasteiger partial charge in [-0.2, -0.15) is 5.26 Å². The lowest BCUT2D eigenvalue weighted by Gasteiger charge is -2.19. The Kier molecular flexibility index (Phi) is 4.65. The van der Waals surface area contributed by atoms with Crippen LogP contribution in [-0.4, -0.2) is 20.2 Å². The van der Waals surface area contributed by atoms with Gasteiger partial charge < -0.3 is 9.64 Å². The fraction of sp³-hybridized carbons (Fsp3) is 0.462. The van der Waals surface area contributed by atoms with Gasteiger partial charge in [0.2, 0.25) is 0 Å². The van der Waals surface area contributed by atoms with E-state index < -0.39 is 0 Å². The highest BCUT2D eigenvalue weighted by Crippen LogP contribution is 2.23. The van der Waals surface area contributed by atoms with Crippen LogP contribution < -0.4 is 9.64 Å². The van der Waals surface area contributed by atoms with Gasteiger partial charge >= 0.3 is 0 Å². The molecule has 1 rings (SSSR count). The third-order valence-electron chi connectivity index (χ3n) is 2.46. The number of aryl methyl sites for hydroxylation is 1. The molecule has 3 nitrogen and oxygen atoms in total. The van der Waals surface area contributed by atoms with Gasteiger partial charge in [0, 0.05) is 19.3 Å². The highest BCUT2D eigenvalue weighted by molar-refractivity contribution is 5.52. The van der Waals surface area contributed by atoms with Gasteiger partial charge in [0.1, 0.15) is 5.75 Å². The number of anilines is 1. The summed E-state index contributed by atoms with van der Waals surface area (Å²) in [4.78, 5) is 2.08. The van der Waals surface area contributed by atoms with Crippen molar-refractivity contribution in [3.05, 3.63) is 23.8 Å². The molecule has 16 heavy (non-hydrogen) atoms. The zero-order chi connectivity index (χ0) is 12.0. The first kappa shape index (κ1) is 12.4. The van der Waals surface area contributed by atoms with Gasteiger partial charge in [-0.05, 0) is 37.6 Å². The van der Waals surface area contributed by atoms with Gasteiger partial charge in [0.05, 0.1) is 19.1 Å². The minimum absolute atomic E-state index is 0.544. The second-order valence-corrected chi connectivity index (χ2v) is 3.71. The Hall–Kier alpha value is -1.69. The summed E-state index contributed by atoms with van der Waals surface area (Å²) in [6, 6.07) is 8.24. The molecule has 0 aliphatic carbocycles. The molecular formula is C13H18N2O. The lowest BCUT2D eigenvalue weighted by molar-refractivity contribution is 0.338. The van der Waals surface area contributed by atoms with E-state index in [2.05, 4.69) is 17.0 Å². The highest BCUT2D eigenvalue weighted by Gasteiger charge is 2.04. The van der Waals surface area contributed by atoms with Crippen molar-refractivity contribution in [3.8, 4) is 11.8 Å². The average molecular weight is 218 g/mol. The maximum Gasteiger partial charge on any atom is 0.122 e. The van der Waals surface area contributed by atoms with E-state index in [0.29, 0.717) is 13.0 Å². The van der Waals surface area contributed by atoms with E-state index in [-0.39, 0.29) is 0 Å². The molecule has 0 unspecified atom stereocenters. The van der Waals surface area contributed by atoms with Crippen molar-refractivity contribution in [3.63, 3.8) is 0 Å². The average Bonchev–Trinajstić information content (AvgIpc) is 2.29. The molecule has 0 aromatic heterocycles. The molecule has 0 fully saturated rings. The van der Waals surface area contributed by atoms with Crippen LogP contribution in [0.5, 0.6) is 5.75 Å². The Morgan fingerprint density at radius 1 is 1.44 bits per heavy atom. The summed E-state index contributed by atoms with van der Waals surface area (Å²) in [6.45, 7) is 5.45. The Morgan fingerprint density at radius 2 is 2.19 bits per heavy atom. The maximum atomic E-state index is 8.53. The molecule has 0 spiro atoms. The van der Waals surface area contributed by atoms with E-state index in [9.17, 15) is 0 Å². The van der Waals surface area contributed by atoms with Crippen molar-refractivity contribution in [2.24, 2.45) is 0 Å². The first-order chi connectivity index (χ1) is 7.69. The van der Waals surface area contributed by atoms with Crippen molar-refractivity contribution in [1.29, 1.82) is 5.26 Å². The van der Waals surface area contributed by atoms with Crippen LogP contribution in [0.4, 0.5) is 5.69 Å². The third-order valence-corrected chi connectivity index (χ3v) is 2.46. The predicted octanol–water partition coefficient (Wildman–Crippen LogP) is 2.74. The van der Waals surface area contributed by atoms with Crippen molar-refractivity contribution >= 4 is 5.69 Å². The normalized spacial score (nSPS) is 9.62. The zero-order valence-corrected chi connectivity index (χ0v) is 10.2. The molecule has 0 N–H and O–H groups in total. The Bertz CT molecular complexity index is 382. The van der Waals surface area contributed by atoms with Crippen LogP contribution in [0.3, 0.4) is 0 Å². The molecule has 0 bridgehead atoms. The SMILES string of the molecule is CCOc1ccc(N(C)CCC#N)cc1C. The van der Waals surface area contributed by atoms with Crippen molar-refractivity contribution in [1.82, 2.24) is 0 Å². The van der Waals surface area contributed by atoms with Gasteiger partial charge in [0.25, 0.3) is 0 Å². The van der Waals surface area contributed by atoms with Crippen LogP contribution in [-0.2, 0) is 0 Å². The quantitative estimate of drug-likeness (QED) is 0.762. The number of nitrogens with zero attached hydrogens (tertiary/aromatic N) is 2. The summed E-state index contributed by atoms with van der Waals surface area (Å²) >= 11 is 0. The van der Waals surface area contributed by atoms with E-state index in [1.165, 1.54) is 0 Å². The number of rotatable bonds is 5. The molecule has 86 valence electrons. The molecule has 0 aliphatic heterocycles. The van der Waals surface area contributed by atoms with Crippen molar-refractivity contribution < 1.29 is 4.74 Å². The molecule has 0 amide bonds. The second kappa shape index (κ2) is 6.02. The van der Waals surface area contributed by atoms with E-state index in [0.717, 1.165) is 23.5 Å². The summed E-state index contributed by atoms with van der Waals surface area (Å²) in [5, 5.41) is 8.53. The van der Waals surface area contributed by atoms with Crippen LogP contribution in [0, 0.1) is 18.3 Å². The van der Waals surface area contributed by atoms with Gasteiger partial charge in [0.15, 0.2) is 0 Å². The molecule has 0 heterocycles. The predicted molar refractivity (Wildman–Crippen MR) is 65.8 cm³/mol. The number of hydrogen-bond donors (Lipinski definition) is 0. The molecule has 0 aliphatic rings. The number of nitriles is 1. The monoisotopic (exact) mass is 218 g/mol. The fourth-order valence-corrected chi connectivity index (χ4v) is 1.54. The fourth-order valence-electron chi connectivity index (χ4n) is 1.54. The highest BCUT2D eigenvalue weighted by atomic mass is 16.5. The molecule has 0 radical (unpaired) electrons. The minimum Gasteiger partial charge on any atom is -0.494 e. The van der Waals surface area contributed by atoms with Crippen molar-refractivity contribution in [2.45, 2.75) is 20.3 Å². The van der Waals surface area contributed by atoms with Gasteiger partial charge in [-0.15, -0.1) is 0 Å². The van der Waals surface area contributed by atoms with Crippen LogP contribution in [0.25, 0.3) is 0 Å². The molecule has 3 heteroatoms. The van der Waals surface area contributed by atoms with Gasteiger partial charge in [-0.25, -0.2) is 0 Å². The number of benzene rings is 1. The summed E-state index contributed by atoms with van der Waals surface area (Å²) < 4.78 is 5.48. The van der Waals surface area contributed by atoms with Crippen LogP contribution >= 0.6 is 0 Å². The smallest absolute Gasteiger partial charge is 0.122 e. The first-order valence-corrected chi connectivity index (χ1v) is 5.50. The van der Waals surface area contributed by atoms with Crippen LogP contribution in [0.1, 0.15) is 18.9 Å². The van der Waals surface area contributed by atoms with Crippen LogP contribution in [0.2, 0.25) is 0 Å². The van der Waals surface area contributed by atoms with E-state index in [1.54, 1.807) is 0 Å². The lowest BCUT2D eigenvalue weighted by atomic mass is 10.2. The summed E-state index contributed by atoms with van der Waals surface area (Å²) in [5.74, 6) is 0.930. The topological polar surface area (TPSA) is 36.3 Å². The summed E-state index contributed by atoms with van der Waals surface area (Å²) in [5.41, 5.74) is 2.25. The second-order valence-electron chi connectivity index (χ2n) is 3.71. The standard InChI is InChI=1S/C13H18N2O/c1-4-16-13-7-6-12(10-11(13)2)15(3)9-5-8-14/h6-7,10H,4-5,9H2,1-3H3. The molecule has 1 aromatic rings. The Labute approximate surface area is 97.3 Å². The van der Waals surface area contributed by atoms with Crippen LogP contribution in [0.15, 0.2) is 18.2 Å². The van der Waals surface area contributed by atoms with Gasteiger partial charge in [-0.1, -0.05) is 0 Å². The van der Waals surface area contributed by atoms with E-state index >= 15 is 0 Å². The van der Waals surface area contributed by atoms with Crippen molar-refractivity contribution in [2.75, 3.05) is 25.1 Å². The first-order valence-electron chi connectivity index (χ1n) is 5.50. The third kappa shape index (κ3) is 3.16. The van der Waals surface area contributed by atoms with Gasteiger partial charge in [-0.3, -0.25) is 0 Å². The van der Waals surface area contributed by atoms with E-state index in [1.807, 2.05) is 33.0 Å². The minimum atomic E-state index is 0.544. The molecule has 0 saturated heterocycles. The largest absolute Gasteiger partial charge is 0.494 e. The summed E-state index contributed by atoms with van der Waals surface area (Å²) in [7, 11) is 1.99. The maximum absolute atomic E-state index is 8.53. The Morgan fingerprint density at radius 3 is 2.75 bits per heavy atom. The molecule has 0 atom stereocenters. The zero-order valence-electron chi connectivity index (χ0n) is 10.2. The van der Waals surface area contributed by atoms with E-state index in [4.69, 9.17) is 10.00 Å². The number of hydrogen-bond acceptors (Lipinski definition) is 3. The molecule has 0 saturated carbocycles. The summed E-state index contributed by atoms with van der Waals surface area (Å²) in [6.07, 6.45) is 0.544. The molecular weight excluding hydrogens is 200 g/mol. The lowest BCUT2D eigenvalue weighted by Crippen LogP contribution is -2.18.